The maximum absolute atomic E-state index is 12.0. The first-order valence-corrected chi connectivity index (χ1v) is 9.67. The summed E-state index contributed by atoms with van der Waals surface area (Å²) in [6, 6.07) is 14.0. The molecule has 2 aromatic carbocycles. The molecule has 27 heavy (non-hydrogen) atoms. The molecule has 0 saturated carbocycles. The molecular weight excluding hydrogens is 477 g/mol. The van der Waals surface area contributed by atoms with E-state index in [0.29, 0.717) is 17.8 Å². The Labute approximate surface area is 186 Å². The van der Waals surface area contributed by atoms with Crippen LogP contribution < -0.4 is 10.6 Å². The van der Waals surface area contributed by atoms with Crippen molar-refractivity contribution in [3.63, 3.8) is 0 Å². The summed E-state index contributed by atoms with van der Waals surface area (Å²) in [5.74, 6) is -1.56. The second kappa shape index (κ2) is 9.08. The molecule has 0 spiro atoms. The fourth-order valence-corrected chi connectivity index (χ4v) is 2.47. The van der Waals surface area contributed by atoms with Crippen LogP contribution >= 0.6 is 69.6 Å². The first-order valence-electron chi connectivity index (χ1n) is 7.40. The Kier molecular flexibility index (Phi) is 7.54. The number of hydrogen-bond acceptors (Lipinski definition) is 2. The van der Waals surface area contributed by atoms with Crippen molar-refractivity contribution in [3.05, 3.63) is 59.7 Å². The van der Waals surface area contributed by atoms with Gasteiger partial charge in [-0.25, -0.2) is 0 Å². The minimum Gasteiger partial charge on any atom is -0.322 e. The van der Waals surface area contributed by atoms with Gasteiger partial charge in [-0.2, -0.15) is 0 Å². The predicted octanol–water partition coefficient (Wildman–Crippen LogP) is 5.89. The van der Waals surface area contributed by atoms with E-state index >= 15 is 0 Å². The standard InChI is InChI=1S/C17H12Cl6N2O2/c18-16(19,20)14(26)24-12-7-3-1-5-10(12)9-11-6-2-4-8-13(11)25-15(27)17(21,22)23/h1-8H,9H2,(H,24,26)(H,25,27). The third-order valence-electron chi connectivity index (χ3n) is 3.43. The van der Waals surface area contributed by atoms with Gasteiger partial charge >= 0.3 is 0 Å². The van der Waals surface area contributed by atoms with Gasteiger partial charge in [0.05, 0.1) is 0 Å². The number of halogens is 6. The maximum atomic E-state index is 12.0. The molecule has 0 aliphatic carbocycles. The molecule has 0 aliphatic heterocycles. The van der Waals surface area contributed by atoms with Crippen LogP contribution in [-0.4, -0.2) is 19.4 Å². The van der Waals surface area contributed by atoms with E-state index in [1.54, 1.807) is 48.5 Å². The van der Waals surface area contributed by atoms with Gasteiger partial charge in [0.25, 0.3) is 19.4 Å². The highest BCUT2D eigenvalue weighted by Gasteiger charge is 2.32. The van der Waals surface area contributed by atoms with Crippen LogP contribution in [0, 0.1) is 0 Å². The number of nitrogens with one attached hydrogen (secondary N) is 2. The van der Waals surface area contributed by atoms with Gasteiger partial charge < -0.3 is 10.6 Å². The van der Waals surface area contributed by atoms with Gasteiger partial charge in [-0.05, 0) is 23.3 Å². The Morgan fingerprint density at radius 2 is 1.00 bits per heavy atom. The van der Waals surface area contributed by atoms with Crippen LogP contribution in [0.25, 0.3) is 0 Å². The number of rotatable bonds is 4. The van der Waals surface area contributed by atoms with Crippen LogP contribution in [0.4, 0.5) is 11.4 Å². The molecule has 0 radical (unpaired) electrons. The third kappa shape index (κ3) is 6.60. The summed E-state index contributed by atoms with van der Waals surface area (Å²) in [6.45, 7) is 0. The highest BCUT2D eigenvalue weighted by molar-refractivity contribution is 6.77. The molecule has 0 heterocycles. The van der Waals surface area contributed by atoms with Crippen LogP contribution in [0.2, 0.25) is 0 Å². The topological polar surface area (TPSA) is 58.2 Å². The van der Waals surface area contributed by atoms with Gasteiger partial charge in [-0.3, -0.25) is 9.59 Å². The SMILES string of the molecule is O=C(Nc1ccccc1Cc1ccccc1NC(=O)C(Cl)(Cl)Cl)C(Cl)(Cl)Cl. The van der Waals surface area contributed by atoms with Crippen molar-refractivity contribution < 1.29 is 9.59 Å². The normalized spacial score (nSPS) is 11.8. The van der Waals surface area contributed by atoms with Crippen LogP contribution in [-0.2, 0) is 16.0 Å². The van der Waals surface area contributed by atoms with Crippen LogP contribution in [0.1, 0.15) is 11.1 Å². The first kappa shape index (κ1) is 22.4. The van der Waals surface area contributed by atoms with Gasteiger partial charge in [-0.1, -0.05) is 106 Å². The summed E-state index contributed by atoms with van der Waals surface area (Å²) in [5.41, 5.74) is 2.40. The zero-order chi connectivity index (χ0) is 20.2. The van der Waals surface area contributed by atoms with E-state index in [1.165, 1.54) is 0 Å². The Morgan fingerprint density at radius 3 is 1.33 bits per heavy atom. The van der Waals surface area contributed by atoms with Crippen molar-refractivity contribution in [2.24, 2.45) is 0 Å². The van der Waals surface area contributed by atoms with Crippen molar-refractivity contribution in [1.29, 1.82) is 0 Å². The molecular formula is C17H12Cl6N2O2. The number of para-hydroxylation sites is 2. The second-order valence-electron chi connectivity index (χ2n) is 5.39. The molecule has 2 aromatic rings. The molecule has 0 atom stereocenters. The molecule has 2 N–H and O–H groups in total. The zero-order valence-corrected chi connectivity index (χ0v) is 17.9. The average molecular weight is 489 g/mol. The van der Waals surface area contributed by atoms with Crippen molar-refractivity contribution in [2.75, 3.05) is 10.6 Å². The van der Waals surface area contributed by atoms with Crippen molar-refractivity contribution in [1.82, 2.24) is 0 Å². The number of carbonyl (C=O) groups excluding carboxylic acids is 2. The van der Waals surface area contributed by atoms with Gasteiger partial charge in [-0.15, -0.1) is 0 Å². The van der Waals surface area contributed by atoms with Gasteiger partial charge in [0.15, 0.2) is 0 Å². The van der Waals surface area contributed by atoms with Crippen molar-refractivity contribution >= 4 is 92.8 Å². The van der Waals surface area contributed by atoms with E-state index in [0.717, 1.165) is 11.1 Å². The molecule has 4 nitrogen and oxygen atoms in total. The molecule has 10 heteroatoms. The molecule has 2 rings (SSSR count). The number of amides is 2. The fraction of sp³-hybridized carbons (Fsp3) is 0.176. The van der Waals surface area contributed by atoms with Crippen LogP contribution in [0.5, 0.6) is 0 Å². The van der Waals surface area contributed by atoms with Gasteiger partial charge in [0, 0.05) is 17.8 Å². The Bertz CT molecular complexity index is 776. The first-order chi connectivity index (χ1) is 12.5. The van der Waals surface area contributed by atoms with Gasteiger partial charge in [0.1, 0.15) is 0 Å². The molecule has 0 fully saturated rings. The highest BCUT2D eigenvalue weighted by atomic mass is 35.6. The largest absolute Gasteiger partial charge is 0.322 e. The molecule has 0 bridgehead atoms. The Balaban J connectivity index is 2.29. The van der Waals surface area contributed by atoms with E-state index in [4.69, 9.17) is 69.6 Å². The summed E-state index contributed by atoms with van der Waals surface area (Å²) >= 11 is 33.6. The zero-order valence-electron chi connectivity index (χ0n) is 13.4. The minimum absolute atomic E-state index is 0.354. The summed E-state index contributed by atoms with van der Waals surface area (Å²) < 4.78 is -4.19. The third-order valence-corrected chi connectivity index (χ3v) is 4.46. The number of benzene rings is 2. The molecule has 0 aliphatic rings. The summed E-state index contributed by atoms with van der Waals surface area (Å²) in [4.78, 5) is 23.9. The number of hydrogen-bond donors (Lipinski definition) is 2. The van der Waals surface area contributed by atoms with E-state index in [9.17, 15) is 9.59 Å². The van der Waals surface area contributed by atoms with Crippen LogP contribution in [0.15, 0.2) is 48.5 Å². The lowest BCUT2D eigenvalue weighted by molar-refractivity contribution is -0.116. The highest BCUT2D eigenvalue weighted by Crippen LogP contribution is 2.31. The van der Waals surface area contributed by atoms with Crippen molar-refractivity contribution in [3.8, 4) is 0 Å². The number of anilines is 2. The van der Waals surface area contributed by atoms with Gasteiger partial charge in [0.2, 0.25) is 0 Å². The Hall–Kier alpha value is -0.880. The lowest BCUT2D eigenvalue weighted by atomic mass is 10.0. The number of alkyl halides is 6. The maximum Gasteiger partial charge on any atom is 0.276 e. The second-order valence-corrected chi connectivity index (χ2v) is 9.96. The summed E-state index contributed by atoms with van der Waals surface area (Å²) in [5, 5.41) is 5.14. The Morgan fingerprint density at radius 1 is 0.667 bits per heavy atom. The van der Waals surface area contributed by atoms with Crippen LogP contribution in [0.3, 0.4) is 0 Å². The van der Waals surface area contributed by atoms with E-state index < -0.39 is 19.4 Å². The lowest BCUT2D eigenvalue weighted by Gasteiger charge is -2.17. The predicted molar refractivity (Wildman–Crippen MR) is 114 cm³/mol. The molecule has 0 aromatic heterocycles. The molecule has 0 unspecified atom stereocenters. The van der Waals surface area contributed by atoms with E-state index in [2.05, 4.69) is 10.6 Å². The number of carbonyl (C=O) groups is 2. The minimum atomic E-state index is -2.09. The quantitative estimate of drug-likeness (QED) is 0.527. The lowest BCUT2D eigenvalue weighted by Crippen LogP contribution is -2.28. The summed E-state index contributed by atoms with van der Waals surface area (Å²) in [6.07, 6.45) is 0.354. The average Bonchev–Trinajstić information content (AvgIpc) is 2.56. The van der Waals surface area contributed by atoms with E-state index in [-0.39, 0.29) is 0 Å². The van der Waals surface area contributed by atoms with Crippen molar-refractivity contribution in [2.45, 2.75) is 14.0 Å². The van der Waals surface area contributed by atoms with E-state index in [1.807, 2.05) is 0 Å². The summed E-state index contributed by atoms with van der Waals surface area (Å²) in [7, 11) is 0. The monoisotopic (exact) mass is 486 g/mol. The molecule has 2 amide bonds. The molecule has 0 saturated heterocycles. The molecule has 144 valence electrons. The fourth-order valence-electron chi connectivity index (χ4n) is 2.18. The smallest absolute Gasteiger partial charge is 0.276 e.